The first-order chi connectivity index (χ1) is 14.2. The molecule has 1 amide bonds. The van der Waals surface area contributed by atoms with E-state index in [1.54, 1.807) is 16.2 Å². The van der Waals surface area contributed by atoms with Crippen LogP contribution in [0.5, 0.6) is 0 Å². The molecule has 8 nitrogen and oxygen atoms in total. The van der Waals surface area contributed by atoms with Crippen molar-refractivity contribution >= 4 is 44.9 Å². The van der Waals surface area contributed by atoms with Crippen molar-refractivity contribution in [2.75, 3.05) is 36.9 Å². The van der Waals surface area contributed by atoms with Crippen molar-refractivity contribution in [3.63, 3.8) is 0 Å². The zero-order valence-electron chi connectivity index (χ0n) is 16.3. The van der Waals surface area contributed by atoms with Gasteiger partial charge in [0, 0.05) is 26.1 Å². The fourth-order valence-electron chi connectivity index (χ4n) is 3.95. The summed E-state index contributed by atoms with van der Waals surface area (Å²) in [6, 6.07) is 5.85. The van der Waals surface area contributed by atoms with E-state index in [-0.39, 0.29) is 5.91 Å². The predicted octanol–water partition coefficient (Wildman–Crippen LogP) is 3.16. The van der Waals surface area contributed by atoms with Gasteiger partial charge in [-0.1, -0.05) is 24.2 Å². The molecule has 0 atom stereocenters. The van der Waals surface area contributed by atoms with Crippen LogP contribution in [0.1, 0.15) is 36.6 Å². The Hall–Kier alpha value is -2.81. The lowest BCUT2D eigenvalue weighted by Crippen LogP contribution is -2.48. The summed E-state index contributed by atoms with van der Waals surface area (Å²) >= 11 is 1.62. The number of aromatic nitrogens is 4. The van der Waals surface area contributed by atoms with Gasteiger partial charge < -0.3 is 15.1 Å². The minimum Gasteiger partial charge on any atom is -0.359 e. The summed E-state index contributed by atoms with van der Waals surface area (Å²) in [4.78, 5) is 25.1. The normalized spacial score (nSPS) is 18.0. The van der Waals surface area contributed by atoms with Crippen molar-refractivity contribution in [1.82, 2.24) is 25.1 Å². The van der Waals surface area contributed by atoms with Crippen LogP contribution in [0, 0.1) is 0 Å². The number of nitrogens with zero attached hydrogens (tertiary/aromatic N) is 6. The number of carbonyl (C=O) groups is 1. The molecule has 0 radical (unpaired) electrons. The average molecular weight is 410 g/mol. The first kappa shape index (κ1) is 18.2. The summed E-state index contributed by atoms with van der Waals surface area (Å²) in [5.41, 5.74) is 2.53. The molecule has 1 aliphatic carbocycles. The molecule has 1 saturated carbocycles. The van der Waals surface area contributed by atoms with Gasteiger partial charge in [-0.15, -0.1) is 10.2 Å². The van der Waals surface area contributed by atoms with Gasteiger partial charge in [-0.05, 0) is 31.0 Å². The van der Waals surface area contributed by atoms with Gasteiger partial charge in [0.2, 0.25) is 11.0 Å². The number of fused-ring (bicyclic) bond motifs is 1. The number of hydrogen-bond donors (Lipinski definition) is 1. The highest BCUT2D eigenvalue weighted by Gasteiger charge is 2.22. The van der Waals surface area contributed by atoms with Crippen LogP contribution in [-0.4, -0.2) is 57.7 Å². The Morgan fingerprint density at radius 2 is 2.00 bits per heavy atom. The van der Waals surface area contributed by atoms with Gasteiger partial charge in [0.25, 0.3) is 0 Å². The van der Waals surface area contributed by atoms with E-state index < -0.39 is 0 Å². The number of rotatable bonds is 4. The summed E-state index contributed by atoms with van der Waals surface area (Å²) in [5, 5.41) is 13.8. The Morgan fingerprint density at radius 3 is 2.83 bits per heavy atom. The first-order valence-corrected chi connectivity index (χ1v) is 10.8. The van der Waals surface area contributed by atoms with Crippen LogP contribution in [0.3, 0.4) is 0 Å². The third-order valence-electron chi connectivity index (χ3n) is 5.73. The largest absolute Gasteiger partial charge is 0.359 e. The molecule has 5 rings (SSSR count). The second-order valence-electron chi connectivity index (χ2n) is 7.72. The van der Waals surface area contributed by atoms with E-state index in [4.69, 9.17) is 4.98 Å². The summed E-state index contributed by atoms with van der Waals surface area (Å²) in [7, 11) is 1.84. The van der Waals surface area contributed by atoms with E-state index in [1.807, 2.05) is 31.4 Å². The highest BCUT2D eigenvalue weighted by Crippen LogP contribution is 2.37. The van der Waals surface area contributed by atoms with Crippen LogP contribution in [0.15, 0.2) is 24.4 Å². The lowest BCUT2D eigenvalue weighted by atomic mass is 10.1. The lowest BCUT2D eigenvalue weighted by Gasteiger charge is -2.33. The second-order valence-corrected chi connectivity index (χ2v) is 8.73. The Balaban J connectivity index is 1.36. The van der Waals surface area contributed by atoms with Gasteiger partial charge in [0.05, 0.1) is 29.5 Å². The average Bonchev–Trinajstić information content (AvgIpc) is 3.41. The van der Waals surface area contributed by atoms with Crippen molar-refractivity contribution in [2.45, 2.75) is 31.6 Å². The predicted molar refractivity (Wildman–Crippen MR) is 114 cm³/mol. The zero-order chi connectivity index (χ0) is 19.8. The molecule has 3 aromatic heterocycles. The van der Waals surface area contributed by atoms with Crippen LogP contribution in [0.2, 0.25) is 0 Å². The van der Waals surface area contributed by atoms with E-state index >= 15 is 0 Å². The van der Waals surface area contributed by atoms with Crippen LogP contribution in [0.25, 0.3) is 11.0 Å². The topological polar surface area (TPSA) is 87.1 Å². The van der Waals surface area contributed by atoms with Crippen molar-refractivity contribution in [1.29, 1.82) is 0 Å². The SMILES string of the molecule is CN1CCN(c2cnc3ccc(Nc4nnc(C5CCCC5)s4)nc3c2)CC1=O. The van der Waals surface area contributed by atoms with E-state index in [2.05, 4.69) is 25.4 Å². The molecule has 0 spiro atoms. The number of likely N-dealkylation sites (N-methyl/N-ethyl adjacent to an activating group) is 1. The highest BCUT2D eigenvalue weighted by molar-refractivity contribution is 7.15. The summed E-state index contributed by atoms with van der Waals surface area (Å²) < 4.78 is 0. The monoisotopic (exact) mass is 409 g/mol. The number of nitrogens with one attached hydrogen (secondary N) is 1. The number of pyridine rings is 2. The standard InChI is InChI=1S/C20H23N7OS/c1-26-8-9-27(12-18(26)28)14-10-16-15(21-11-14)6-7-17(22-16)23-20-25-24-19(29-20)13-4-2-3-5-13/h6-7,10-11,13H,2-5,8-9,12H2,1H3,(H,22,23,25). The molecule has 0 unspecified atom stereocenters. The minimum absolute atomic E-state index is 0.120. The van der Waals surface area contributed by atoms with Crippen LogP contribution in [-0.2, 0) is 4.79 Å². The zero-order valence-corrected chi connectivity index (χ0v) is 17.2. The molecule has 0 bridgehead atoms. The van der Waals surface area contributed by atoms with E-state index in [1.165, 1.54) is 25.7 Å². The van der Waals surface area contributed by atoms with Gasteiger partial charge in [-0.2, -0.15) is 0 Å². The Labute approximate surface area is 173 Å². The molecule has 3 aromatic rings. The maximum atomic E-state index is 12.0. The number of piperazine rings is 1. The summed E-state index contributed by atoms with van der Waals surface area (Å²) in [6.07, 6.45) is 6.81. The third-order valence-corrected chi connectivity index (χ3v) is 6.73. The lowest BCUT2D eigenvalue weighted by molar-refractivity contribution is -0.129. The van der Waals surface area contributed by atoms with Gasteiger partial charge in [0.1, 0.15) is 10.8 Å². The van der Waals surface area contributed by atoms with Gasteiger partial charge >= 0.3 is 0 Å². The van der Waals surface area contributed by atoms with Crippen LogP contribution < -0.4 is 10.2 Å². The van der Waals surface area contributed by atoms with E-state index in [0.29, 0.717) is 19.0 Å². The fraction of sp³-hybridized carbons (Fsp3) is 0.450. The number of carbonyl (C=O) groups excluding carboxylic acids is 1. The molecule has 1 N–H and O–H groups in total. The third kappa shape index (κ3) is 3.74. The smallest absolute Gasteiger partial charge is 0.241 e. The van der Waals surface area contributed by atoms with E-state index in [0.717, 1.165) is 39.2 Å². The van der Waals surface area contributed by atoms with Gasteiger partial charge in [0.15, 0.2) is 0 Å². The van der Waals surface area contributed by atoms with Gasteiger partial charge in [-0.25, -0.2) is 4.98 Å². The molecule has 2 aliphatic rings. The minimum atomic E-state index is 0.120. The maximum absolute atomic E-state index is 12.0. The molecule has 1 saturated heterocycles. The Kier molecular flexibility index (Phi) is 4.75. The molecule has 150 valence electrons. The maximum Gasteiger partial charge on any atom is 0.241 e. The van der Waals surface area contributed by atoms with Gasteiger partial charge in [-0.3, -0.25) is 9.78 Å². The molecule has 29 heavy (non-hydrogen) atoms. The second kappa shape index (κ2) is 7.55. The first-order valence-electron chi connectivity index (χ1n) is 10.0. The molecule has 9 heteroatoms. The number of anilines is 3. The highest BCUT2D eigenvalue weighted by atomic mass is 32.1. The summed E-state index contributed by atoms with van der Waals surface area (Å²) in [5.74, 6) is 1.40. The van der Waals surface area contributed by atoms with Crippen molar-refractivity contribution in [2.24, 2.45) is 0 Å². The van der Waals surface area contributed by atoms with E-state index in [9.17, 15) is 4.79 Å². The fourth-order valence-corrected chi connectivity index (χ4v) is 4.87. The quantitative estimate of drug-likeness (QED) is 0.708. The van der Waals surface area contributed by atoms with Crippen molar-refractivity contribution in [3.8, 4) is 0 Å². The molecular formula is C20H23N7OS. The molecule has 0 aromatic carbocycles. The molecule has 2 fully saturated rings. The molecule has 4 heterocycles. The summed E-state index contributed by atoms with van der Waals surface area (Å²) in [6.45, 7) is 1.88. The van der Waals surface area contributed by atoms with Crippen LogP contribution in [0.4, 0.5) is 16.6 Å². The Bertz CT molecular complexity index is 1050. The number of hydrogen-bond acceptors (Lipinski definition) is 8. The van der Waals surface area contributed by atoms with Crippen LogP contribution >= 0.6 is 11.3 Å². The van der Waals surface area contributed by atoms with Crippen molar-refractivity contribution in [3.05, 3.63) is 29.4 Å². The Morgan fingerprint density at radius 1 is 1.14 bits per heavy atom. The van der Waals surface area contributed by atoms with Crippen molar-refractivity contribution < 1.29 is 4.79 Å². The molecular weight excluding hydrogens is 386 g/mol. The number of amides is 1. The molecule has 1 aliphatic heterocycles.